The molecule has 1 heterocycles. The van der Waals surface area contributed by atoms with Crippen LogP contribution in [-0.2, 0) is 18.3 Å². The monoisotopic (exact) mass is 195 g/mol. The molecule has 1 unspecified atom stereocenters. The molecule has 14 heavy (non-hydrogen) atoms. The number of Topliss-reactive ketones (excluding diaryl/α,β-unsaturated/α-hetero) is 1. The van der Waals surface area contributed by atoms with Crippen LogP contribution in [0, 0.1) is 5.92 Å². The van der Waals surface area contributed by atoms with Crippen LogP contribution in [0.3, 0.4) is 0 Å². The van der Waals surface area contributed by atoms with Crippen molar-refractivity contribution in [3.63, 3.8) is 0 Å². The molecule has 0 spiro atoms. The molecule has 0 aliphatic rings. The first kappa shape index (κ1) is 10.9. The molecular weight excluding hydrogens is 178 g/mol. The van der Waals surface area contributed by atoms with Crippen molar-refractivity contribution >= 4 is 5.78 Å². The zero-order chi connectivity index (χ0) is 10.6. The fourth-order valence-electron chi connectivity index (χ4n) is 1.31. The van der Waals surface area contributed by atoms with Gasteiger partial charge in [-0.1, -0.05) is 6.92 Å². The van der Waals surface area contributed by atoms with E-state index in [1.54, 1.807) is 6.20 Å². The zero-order valence-electron chi connectivity index (χ0n) is 8.73. The van der Waals surface area contributed by atoms with Gasteiger partial charge in [0.1, 0.15) is 11.6 Å². The van der Waals surface area contributed by atoms with Gasteiger partial charge in [0.25, 0.3) is 0 Å². The van der Waals surface area contributed by atoms with E-state index < -0.39 is 0 Å². The summed E-state index contributed by atoms with van der Waals surface area (Å²) < 4.78 is 1.87. The molecule has 0 radical (unpaired) electrons. The number of carbonyl (C=O) groups is 1. The van der Waals surface area contributed by atoms with Gasteiger partial charge in [0.15, 0.2) is 0 Å². The summed E-state index contributed by atoms with van der Waals surface area (Å²) in [7, 11) is 1.89. The highest BCUT2D eigenvalue weighted by Gasteiger charge is 2.14. The van der Waals surface area contributed by atoms with Crippen molar-refractivity contribution in [2.45, 2.75) is 19.8 Å². The average Bonchev–Trinajstić information content (AvgIpc) is 2.52. The number of hydrogen-bond acceptors (Lipinski definition) is 3. The van der Waals surface area contributed by atoms with Gasteiger partial charge in [-0.2, -0.15) is 0 Å². The topological polar surface area (TPSA) is 60.9 Å². The summed E-state index contributed by atoms with van der Waals surface area (Å²) >= 11 is 0. The van der Waals surface area contributed by atoms with Crippen molar-refractivity contribution in [2.75, 3.05) is 6.54 Å². The summed E-state index contributed by atoms with van der Waals surface area (Å²) in [4.78, 5) is 15.8. The van der Waals surface area contributed by atoms with Gasteiger partial charge in [0, 0.05) is 25.4 Å². The van der Waals surface area contributed by atoms with E-state index >= 15 is 0 Å². The van der Waals surface area contributed by atoms with E-state index in [0.29, 0.717) is 13.0 Å². The number of aryl methyl sites for hydroxylation is 1. The van der Waals surface area contributed by atoms with Crippen molar-refractivity contribution in [2.24, 2.45) is 18.7 Å². The number of imidazole rings is 1. The summed E-state index contributed by atoms with van der Waals surface area (Å²) in [5.74, 6) is 1.07. The molecular formula is C10H17N3O. The quantitative estimate of drug-likeness (QED) is 0.745. The minimum atomic E-state index is 0.0386. The molecule has 4 nitrogen and oxygen atoms in total. The standard InChI is InChI=1S/C10H17N3O/c1-8(3-4-11)9(14)7-10-12-5-6-13(10)2/h5-6,8H,3-4,7,11H2,1-2H3. The summed E-state index contributed by atoms with van der Waals surface area (Å²) in [5, 5.41) is 0. The first-order chi connectivity index (χ1) is 6.65. The largest absolute Gasteiger partial charge is 0.338 e. The molecule has 1 rings (SSSR count). The van der Waals surface area contributed by atoms with Crippen molar-refractivity contribution in [1.82, 2.24) is 9.55 Å². The van der Waals surface area contributed by atoms with Gasteiger partial charge in [0.05, 0.1) is 6.42 Å². The number of hydrogen-bond donors (Lipinski definition) is 1. The third kappa shape index (κ3) is 2.67. The Morgan fingerprint density at radius 2 is 2.43 bits per heavy atom. The molecule has 0 saturated carbocycles. The van der Waals surface area contributed by atoms with Gasteiger partial charge < -0.3 is 10.3 Å². The Bertz CT molecular complexity index is 306. The van der Waals surface area contributed by atoms with Crippen LogP contribution in [0.25, 0.3) is 0 Å². The maximum atomic E-state index is 11.6. The fourth-order valence-corrected chi connectivity index (χ4v) is 1.31. The molecule has 1 aromatic heterocycles. The lowest BCUT2D eigenvalue weighted by atomic mass is 10.00. The summed E-state index contributed by atoms with van der Waals surface area (Å²) in [6, 6.07) is 0. The Kier molecular flexibility index (Phi) is 3.83. The zero-order valence-corrected chi connectivity index (χ0v) is 8.73. The SMILES string of the molecule is CC(CCN)C(=O)Cc1nccn1C. The van der Waals surface area contributed by atoms with Crippen LogP contribution < -0.4 is 5.73 Å². The third-order valence-electron chi connectivity index (χ3n) is 2.40. The highest BCUT2D eigenvalue weighted by atomic mass is 16.1. The molecule has 0 aliphatic heterocycles. The number of nitrogens with two attached hydrogens (primary N) is 1. The second-order valence-electron chi connectivity index (χ2n) is 3.58. The molecule has 0 bridgehead atoms. The molecule has 1 atom stereocenters. The second kappa shape index (κ2) is 4.91. The van der Waals surface area contributed by atoms with E-state index in [1.807, 2.05) is 24.7 Å². The van der Waals surface area contributed by atoms with Crippen LogP contribution in [0.15, 0.2) is 12.4 Å². The Morgan fingerprint density at radius 3 is 2.93 bits per heavy atom. The first-order valence-corrected chi connectivity index (χ1v) is 4.84. The molecule has 4 heteroatoms. The van der Waals surface area contributed by atoms with Gasteiger partial charge in [-0.3, -0.25) is 4.79 Å². The van der Waals surface area contributed by atoms with E-state index in [-0.39, 0.29) is 11.7 Å². The third-order valence-corrected chi connectivity index (χ3v) is 2.40. The summed E-state index contributed by atoms with van der Waals surface area (Å²) in [6.07, 6.45) is 4.71. The normalized spacial score (nSPS) is 12.8. The Balaban J connectivity index is 2.53. The van der Waals surface area contributed by atoms with E-state index in [0.717, 1.165) is 12.2 Å². The number of carbonyl (C=O) groups excluding carboxylic acids is 1. The first-order valence-electron chi connectivity index (χ1n) is 4.84. The van der Waals surface area contributed by atoms with Gasteiger partial charge in [-0.05, 0) is 13.0 Å². The minimum Gasteiger partial charge on any atom is -0.338 e. The van der Waals surface area contributed by atoms with E-state index in [1.165, 1.54) is 0 Å². The van der Waals surface area contributed by atoms with E-state index in [4.69, 9.17) is 5.73 Å². The Labute approximate surface area is 84.1 Å². The van der Waals surface area contributed by atoms with Crippen molar-refractivity contribution in [3.8, 4) is 0 Å². The smallest absolute Gasteiger partial charge is 0.143 e. The van der Waals surface area contributed by atoms with Gasteiger partial charge in [-0.15, -0.1) is 0 Å². The Hall–Kier alpha value is -1.16. The van der Waals surface area contributed by atoms with Crippen LogP contribution in [-0.4, -0.2) is 21.9 Å². The van der Waals surface area contributed by atoms with E-state index in [9.17, 15) is 4.79 Å². The van der Waals surface area contributed by atoms with Crippen LogP contribution in [0.2, 0.25) is 0 Å². The lowest BCUT2D eigenvalue weighted by Gasteiger charge is -2.08. The summed E-state index contributed by atoms with van der Waals surface area (Å²) in [5.41, 5.74) is 5.40. The number of nitrogens with zero attached hydrogens (tertiary/aromatic N) is 2. The van der Waals surface area contributed by atoms with Crippen LogP contribution in [0.1, 0.15) is 19.2 Å². The number of aromatic nitrogens is 2. The highest BCUT2D eigenvalue weighted by molar-refractivity contribution is 5.82. The summed E-state index contributed by atoms with van der Waals surface area (Å²) in [6.45, 7) is 2.48. The maximum Gasteiger partial charge on any atom is 0.143 e. The van der Waals surface area contributed by atoms with Crippen LogP contribution >= 0.6 is 0 Å². The maximum absolute atomic E-state index is 11.6. The van der Waals surface area contributed by atoms with Crippen molar-refractivity contribution < 1.29 is 4.79 Å². The van der Waals surface area contributed by atoms with Crippen LogP contribution in [0.5, 0.6) is 0 Å². The van der Waals surface area contributed by atoms with E-state index in [2.05, 4.69) is 4.98 Å². The fraction of sp³-hybridized carbons (Fsp3) is 0.600. The molecule has 2 N–H and O–H groups in total. The molecule has 0 amide bonds. The lowest BCUT2D eigenvalue weighted by Crippen LogP contribution is -2.18. The molecule has 1 aromatic rings. The van der Waals surface area contributed by atoms with Gasteiger partial charge >= 0.3 is 0 Å². The molecule has 0 aliphatic carbocycles. The molecule has 78 valence electrons. The van der Waals surface area contributed by atoms with Gasteiger partial charge in [-0.25, -0.2) is 4.98 Å². The van der Waals surface area contributed by atoms with Crippen LogP contribution in [0.4, 0.5) is 0 Å². The number of ketones is 1. The Morgan fingerprint density at radius 1 is 1.71 bits per heavy atom. The predicted octanol–water partition coefficient (Wildman–Crippen LogP) is 0.517. The van der Waals surface area contributed by atoms with Crippen molar-refractivity contribution in [3.05, 3.63) is 18.2 Å². The number of rotatable bonds is 5. The predicted molar refractivity (Wildman–Crippen MR) is 54.8 cm³/mol. The molecule has 0 saturated heterocycles. The lowest BCUT2D eigenvalue weighted by molar-refractivity contribution is -0.122. The molecule has 0 fully saturated rings. The second-order valence-corrected chi connectivity index (χ2v) is 3.58. The van der Waals surface area contributed by atoms with Gasteiger partial charge in [0.2, 0.25) is 0 Å². The van der Waals surface area contributed by atoms with Crippen molar-refractivity contribution in [1.29, 1.82) is 0 Å². The molecule has 0 aromatic carbocycles. The minimum absolute atomic E-state index is 0.0386. The average molecular weight is 195 g/mol. The highest BCUT2D eigenvalue weighted by Crippen LogP contribution is 2.06.